The van der Waals surface area contributed by atoms with Crippen LogP contribution < -0.4 is 14.8 Å². The molecule has 0 aliphatic heterocycles. The molecule has 146 valence electrons. The van der Waals surface area contributed by atoms with Gasteiger partial charge in [0.1, 0.15) is 11.5 Å². The van der Waals surface area contributed by atoms with Crippen molar-refractivity contribution < 1.29 is 14.3 Å². The maximum atomic E-state index is 12.9. The molecule has 0 radical (unpaired) electrons. The average Bonchev–Trinajstić information content (AvgIpc) is 2.66. The number of carbonyl (C=O) groups excluding carboxylic acids is 1. The summed E-state index contributed by atoms with van der Waals surface area (Å²) in [6.45, 7) is 6.20. The summed E-state index contributed by atoms with van der Waals surface area (Å²) in [4.78, 5) is 12.9. The van der Waals surface area contributed by atoms with E-state index in [0.29, 0.717) is 23.1 Å². The zero-order chi connectivity index (χ0) is 19.8. The van der Waals surface area contributed by atoms with Crippen molar-refractivity contribution >= 4 is 17.5 Å². The van der Waals surface area contributed by atoms with Crippen molar-refractivity contribution in [2.24, 2.45) is 5.92 Å². The number of hydrogen-bond acceptors (Lipinski definition) is 3. The summed E-state index contributed by atoms with van der Waals surface area (Å²) in [5, 5.41) is 3.64. The Bertz CT molecular complexity index is 731. The Hall–Kier alpha value is -2.20. The molecule has 4 nitrogen and oxygen atoms in total. The van der Waals surface area contributed by atoms with Gasteiger partial charge in [-0.05, 0) is 48.6 Å². The van der Waals surface area contributed by atoms with Crippen LogP contribution in [0, 0.1) is 5.92 Å². The summed E-state index contributed by atoms with van der Waals surface area (Å²) in [5.41, 5.74) is 1.05. The van der Waals surface area contributed by atoms with Crippen LogP contribution in [0.3, 0.4) is 0 Å². The van der Waals surface area contributed by atoms with E-state index in [1.165, 1.54) is 0 Å². The lowest BCUT2D eigenvalue weighted by Crippen LogP contribution is -2.40. The molecule has 2 atom stereocenters. The van der Waals surface area contributed by atoms with Crippen molar-refractivity contribution in [2.75, 3.05) is 7.11 Å². The van der Waals surface area contributed by atoms with Gasteiger partial charge < -0.3 is 14.8 Å². The molecule has 0 aliphatic carbocycles. The topological polar surface area (TPSA) is 47.6 Å². The normalized spacial score (nSPS) is 13.1. The van der Waals surface area contributed by atoms with Crippen molar-refractivity contribution in [3.05, 3.63) is 59.1 Å². The standard InChI is InChI=1S/C22H28ClNO3/c1-5-20(27-21-9-7-6-8-18(21)23)22(25)24-19(14-15(2)3)16-10-12-17(26-4)13-11-16/h6-13,15,19-20H,5,14H2,1-4H3,(H,24,25)/t19-,20+/m0/s1. The number of rotatable bonds is 9. The minimum Gasteiger partial charge on any atom is -0.497 e. The summed E-state index contributed by atoms with van der Waals surface area (Å²) >= 11 is 6.16. The fourth-order valence-electron chi connectivity index (χ4n) is 2.87. The van der Waals surface area contributed by atoms with Crippen LogP contribution in [0.4, 0.5) is 0 Å². The van der Waals surface area contributed by atoms with Crippen LogP contribution in [0.15, 0.2) is 48.5 Å². The molecule has 0 bridgehead atoms. The van der Waals surface area contributed by atoms with Crippen molar-refractivity contribution in [1.29, 1.82) is 0 Å². The summed E-state index contributed by atoms with van der Waals surface area (Å²) < 4.78 is 11.1. The third kappa shape index (κ3) is 6.17. The highest BCUT2D eigenvalue weighted by atomic mass is 35.5. The first kappa shape index (κ1) is 21.1. The van der Waals surface area contributed by atoms with Crippen molar-refractivity contribution in [2.45, 2.75) is 45.8 Å². The molecule has 2 aromatic carbocycles. The van der Waals surface area contributed by atoms with Gasteiger partial charge in [-0.25, -0.2) is 0 Å². The first-order chi connectivity index (χ1) is 12.9. The molecule has 2 rings (SSSR count). The Morgan fingerprint density at radius 3 is 2.33 bits per heavy atom. The smallest absolute Gasteiger partial charge is 0.261 e. The molecule has 1 amide bonds. The molecule has 0 aliphatic rings. The number of benzene rings is 2. The second-order valence-corrected chi connectivity index (χ2v) is 7.32. The monoisotopic (exact) mass is 389 g/mol. The SMILES string of the molecule is CC[C@@H](Oc1ccccc1Cl)C(=O)N[C@@H](CC(C)C)c1ccc(OC)cc1. The van der Waals surface area contributed by atoms with Gasteiger partial charge in [0.2, 0.25) is 0 Å². The Morgan fingerprint density at radius 1 is 1.11 bits per heavy atom. The molecule has 1 N–H and O–H groups in total. The number of para-hydroxylation sites is 1. The van der Waals surface area contributed by atoms with E-state index >= 15 is 0 Å². The largest absolute Gasteiger partial charge is 0.497 e. The van der Waals surface area contributed by atoms with Crippen LogP contribution in [0.25, 0.3) is 0 Å². The fraction of sp³-hybridized carbons (Fsp3) is 0.409. The minimum absolute atomic E-state index is 0.0905. The lowest BCUT2D eigenvalue weighted by molar-refractivity contribution is -0.129. The maximum Gasteiger partial charge on any atom is 0.261 e. The van der Waals surface area contributed by atoms with Crippen LogP contribution >= 0.6 is 11.6 Å². The minimum atomic E-state index is -0.599. The van der Waals surface area contributed by atoms with Crippen LogP contribution in [0.1, 0.15) is 45.2 Å². The van der Waals surface area contributed by atoms with E-state index in [2.05, 4.69) is 19.2 Å². The number of amides is 1. The van der Waals surface area contributed by atoms with Crippen molar-refractivity contribution in [3.63, 3.8) is 0 Å². The highest BCUT2D eigenvalue weighted by Crippen LogP contribution is 2.26. The first-order valence-electron chi connectivity index (χ1n) is 9.30. The van der Waals surface area contributed by atoms with Gasteiger partial charge in [-0.15, -0.1) is 0 Å². The zero-order valence-corrected chi connectivity index (χ0v) is 17.1. The molecule has 27 heavy (non-hydrogen) atoms. The van der Waals surface area contributed by atoms with E-state index in [1.54, 1.807) is 19.2 Å². The third-order valence-corrected chi connectivity index (χ3v) is 4.62. The Morgan fingerprint density at radius 2 is 1.78 bits per heavy atom. The van der Waals surface area contributed by atoms with Crippen LogP contribution in [-0.4, -0.2) is 19.1 Å². The molecule has 0 fully saturated rings. The van der Waals surface area contributed by atoms with Gasteiger partial charge in [0.15, 0.2) is 6.10 Å². The second kappa shape index (κ2) is 10.2. The quantitative estimate of drug-likeness (QED) is 0.623. The zero-order valence-electron chi connectivity index (χ0n) is 16.4. The van der Waals surface area contributed by atoms with E-state index in [9.17, 15) is 4.79 Å². The lowest BCUT2D eigenvalue weighted by Gasteiger charge is -2.25. The van der Waals surface area contributed by atoms with Gasteiger partial charge in [0, 0.05) is 0 Å². The molecule has 0 aromatic heterocycles. The van der Waals surface area contributed by atoms with E-state index in [0.717, 1.165) is 17.7 Å². The van der Waals surface area contributed by atoms with Crippen LogP contribution in [-0.2, 0) is 4.79 Å². The van der Waals surface area contributed by atoms with E-state index in [4.69, 9.17) is 21.1 Å². The Labute approximate surface area is 166 Å². The molecule has 0 saturated carbocycles. The van der Waals surface area contributed by atoms with Crippen LogP contribution in [0.2, 0.25) is 5.02 Å². The second-order valence-electron chi connectivity index (χ2n) is 6.91. The highest BCUT2D eigenvalue weighted by Gasteiger charge is 2.24. The number of halogens is 1. The highest BCUT2D eigenvalue weighted by molar-refractivity contribution is 6.32. The Balaban J connectivity index is 2.13. The summed E-state index contributed by atoms with van der Waals surface area (Å²) in [5.74, 6) is 1.61. The van der Waals surface area contributed by atoms with Gasteiger partial charge in [-0.1, -0.05) is 56.6 Å². The summed E-state index contributed by atoms with van der Waals surface area (Å²) in [6, 6.07) is 14.9. The molecule has 0 unspecified atom stereocenters. The first-order valence-corrected chi connectivity index (χ1v) is 9.67. The Kier molecular flexibility index (Phi) is 7.99. The van der Waals surface area contributed by atoms with Crippen molar-refractivity contribution in [3.8, 4) is 11.5 Å². The maximum absolute atomic E-state index is 12.9. The lowest BCUT2D eigenvalue weighted by atomic mass is 9.96. The fourth-order valence-corrected chi connectivity index (χ4v) is 3.05. The van der Waals surface area contributed by atoms with Gasteiger partial charge in [-0.3, -0.25) is 4.79 Å². The van der Waals surface area contributed by atoms with E-state index in [-0.39, 0.29) is 11.9 Å². The molecule has 0 spiro atoms. The average molecular weight is 390 g/mol. The number of ether oxygens (including phenoxy) is 2. The predicted molar refractivity (Wildman–Crippen MR) is 109 cm³/mol. The third-order valence-electron chi connectivity index (χ3n) is 4.31. The van der Waals surface area contributed by atoms with Gasteiger partial charge in [0.25, 0.3) is 5.91 Å². The van der Waals surface area contributed by atoms with Crippen LogP contribution in [0.5, 0.6) is 11.5 Å². The number of methoxy groups -OCH3 is 1. The summed E-state index contributed by atoms with van der Waals surface area (Å²) in [7, 11) is 1.64. The molecular formula is C22H28ClNO3. The van der Waals surface area contributed by atoms with Gasteiger partial charge in [-0.2, -0.15) is 0 Å². The van der Waals surface area contributed by atoms with E-state index < -0.39 is 6.10 Å². The van der Waals surface area contributed by atoms with Gasteiger partial charge in [0.05, 0.1) is 18.2 Å². The number of carbonyl (C=O) groups is 1. The number of nitrogens with one attached hydrogen (secondary N) is 1. The number of hydrogen-bond donors (Lipinski definition) is 1. The molecule has 2 aromatic rings. The predicted octanol–water partition coefficient (Wildman–Crippen LogP) is 5.41. The van der Waals surface area contributed by atoms with Gasteiger partial charge >= 0.3 is 0 Å². The molecule has 5 heteroatoms. The van der Waals surface area contributed by atoms with E-state index in [1.807, 2.05) is 43.3 Å². The van der Waals surface area contributed by atoms with Crippen molar-refractivity contribution in [1.82, 2.24) is 5.32 Å². The summed E-state index contributed by atoms with van der Waals surface area (Å²) in [6.07, 6.45) is 0.784. The molecular weight excluding hydrogens is 362 g/mol. The molecule has 0 heterocycles. The molecule has 0 saturated heterocycles.